The molecule has 0 aliphatic heterocycles. The van der Waals surface area contributed by atoms with Crippen molar-refractivity contribution in [1.29, 1.82) is 0 Å². The number of aromatic carboxylic acids is 1. The first-order valence-corrected chi connectivity index (χ1v) is 5.88. The summed E-state index contributed by atoms with van der Waals surface area (Å²) in [5.74, 6) is -0.584. The molecule has 0 atom stereocenters. The fourth-order valence-corrected chi connectivity index (χ4v) is 2.49. The monoisotopic (exact) mass is 231 g/mol. The molecule has 4 nitrogen and oxygen atoms in total. The van der Waals surface area contributed by atoms with E-state index in [1.54, 1.807) is 0 Å². The van der Waals surface area contributed by atoms with Gasteiger partial charge in [-0.2, -0.15) is 0 Å². The van der Waals surface area contributed by atoms with Crippen LogP contribution >= 0.6 is 0 Å². The Morgan fingerprint density at radius 1 is 1.35 bits per heavy atom. The van der Waals surface area contributed by atoms with Crippen molar-refractivity contribution in [3.05, 3.63) is 29.7 Å². The van der Waals surface area contributed by atoms with E-state index in [9.17, 15) is 4.79 Å². The zero-order valence-electron chi connectivity index (χ0n) is 9.35. The largest absolute Gasteiger partial charge is 0.475 e. The summed E-state index contributed by atoms with van der Waals surface area (Å²) < 4.78 is 5.22. The van der Waals surface area contributed by atoms with Crippen LogP contribution in [0.4, 0.5) is 0 Å². The summed E-state index contributed by atoms with van der Waals surface area (Å²) in [6.45, 7) is 0. The van der Waals surface area contributed by atoms with Gasteiger partial charge in [0.1, 0.15) is 0 Å². The van der Waals surface area contributed by atoms with E-state index in [4.69, 9.17) is 9.52 Å². The molecule has 3 rings (SSSR count). The smallest absolute Gasteiger partial charge is 0.371 e. The molecule has 1 fully saturated rings. The molecule has 0 bridgehead atoms. The lowest BCUT2D eigenvalue weighted by molar-refractivity contribution is 0.0664. The molecule has 0 aromatic carbocycles. The SMILES string of the molecule is O=C(O)c1cc2ccc(C3CCCC3)nc2o1. The van der Waals surface area contributed by atoms with Gasteiger partial charge in [0.15, 0.2) is 0 Å². The molecule has 17 heavy (non-hydrogen) atoms. The number of rotatable bonds is 2. The minimum atomic E-state index is -1.05. The number of hydrogen-bond donors (Lipinski definition) is 1. The van der Waals surface area contributed by atoms with Crippen LogP contribution in [0.5, 0.6) is 0 Å². The predicted molar refractivity (Wildman–Crippen MR) is 62.2 cm³/mol. The second-order valence-corrected chi connectivity index (χ2v) is 4.53. The van der Waals surface area contributed by atoms with Gasteiger partial charge in [0.05, 0.1) is 0 Å². The van der Waals surface area contributed by atoms with Crippen LogP contribution in [0, 0.1) is 0 Å². The van der Waals surface area contributed by atoms with Gasteiger partial charge in [-0.15, -0.1) is 0 Å². The van der Waals surface area contributed by atoms with Gasteiger partial charge in [-0.3, -0.25) is 0 Å². The highest BCUT2D eigenvalue weighted by atomic mass is 16.4. The van der Waals surface area contributed by atoms with Crippen LogP contribution < -0.4 is 0 Å². The Morgan fingerprint density at radius 3 is 2.82 bits per heavy atom. The molecular formula is C13H13NO3. The van der Waals surface area contributed by atoms with E-state index in [0.717, 1.165) is 11.1 Å². The molecule has 0 unspecified atom stereocenters. The van der Waals surface area contributed by atoms with Crippen molar-refractivity contribution < 1.29 is 14.3 Å². The molecule has 1 saturated carbocycles. The second-order valence-electron chi connectivity index (χ2n) is 4.53. The quantitative estimate of drug-likeness (QED) is 0.862. The molecule has 0 spiro atoms. The first kappa shape index (κ1) is 10.3. The maximum atomic E-state index is 10.8. The van der Waals surface area contributed by atoms with E-state index in [2.05, 4.69) is 4.98 Å². The van der Waals surface area contributed by atoms with E-state index in [-0.39, 0.29) is 5.76 Å². The van der Waals surface area contributed by atoms with Gasteiger partial charge in [0.2, 0.25) is 11.5 Å². The molecule has 2 heterocycles. The average Bonchev–Trinajstić information content (AvgIpc) is 2.97. The fraction of sp³-hybridized carbons (Fsp3) is 0.385. The molecule has 1 N–H and O–H groups in total. The lowest BCUT2D eigenvalue weighted by atomic mass is 10.0. The first-order chi connectivity index (χ1) is 8.24. The van der Waals surface area contributed by atoms with Crippen molar-refractivity contribution in [3.8, 4) is 0 Å². The number of hydrogen-bond acceptors (Lipinski definition) is 3. The molecule has 4 heteroatoms. The summed E-state index contributed by atoms with van der Waals surface area (Å²) >= 11 is 0. The summed E-state index contributed by atoms with van der Waals surface area (Å²) in [4.78, 5) is 15.2. The van der Waals surface area contributed by atoms with E-state index < -0.39 is 5.97 Å². The summed E-state index contributed by atoms with van der Waals surface area (Å²) in [6, 6.07) is 5.40. The van der Waals surface area contributed by atoms with Crippen LogP contribution in [0.3, 0.4) is 0 Å². The van der Waals surface area contributed by atoms with Crippen LogP contribution in [0.25, 0.3) is 11.1 Å². The molecule has 0 amide bonds. The van der Waals surface area contributed by atoms with Gasteiger partial charge in [0, 0.05) is 23.1 Å². The van der Waals surface area contributed by atoms with Crippen molar-refractivity contribution in [2.24, 2.45) is 0 Å². The number of nitrogens with zero attached hydrogens (tertiary/aromatic N) is 1. The maximum Gasteiger partial charge on any atom is 0.371 e. The van der Waals surface area contributed by atoms with Gasteiger partial charge in [-0.1, -0.05) is 12.8 Å². The van der Waals surface area contributed by atoms with Crippen molar-refractivity contribution in [2.75, 3.05) is 0 Å². The third-order valence-corrected chi connectivity index (χ3v) is 3.39. The summed E-state index contributed by atoms with van der Waals surface area (Å²) in [6.07, 6.45) is 4.85. The third kappa shape index (κ3) is 1.79. The normalized spacial score (nSPS) is 16.7. The van der Waals surface area contributed by atoms with Gasteiger partial charge >= 0.3 is 5.97 Å². The molecule has 1 aliphatic rings. The Morgan fingerprint density at radius 2 is 2.12 bits per heavy atom. The van der Waals surface area contributed by atoms with Gasteiger partial charge in [0.25, 0.3) is 0 Å². The molecule has 0 radical (unpaired) electrons. The summed E-state index contributed by atoms with van der Waals surface area (Å²) in [7, 11) is 0. The number of furan rings is 1. The number of pyridine rings is 1. The van der Waals surface area contributed by atoms with E-state index >= 15 is 0 Å². The zero-order chi connectivity index (χ0) is 11.8. The Balaban J connectivity index is 2.02. The molecule has 88 valence electrons. The van der Waals surface area contributed by atoms with Crippen molar-refractivity contribution in [1.82, 2.24) is 4.98 Å². The average molecular weight is 231 g/mol. The van der Waals surface area contributed by atoms with Crippen LogP contribution in [-0.4, -0.2) is 16.1 Å². The molecule has 1 aliphatic carbocycles. The number of aromatic nitrogens is 1. The van der Waals surface area contributed by atoms with Gasteiger partial charge < -0.3 is 9.52 Å². The highest BCUT2D eigenvalue weighted by Crippen LogP contribution is 2.33. The Bertz CT molecular complexity index is 567. The Labute approximate surface area is 98.3 Å². The highest BCUT2D eigenvalue weighted by Gasteiger charge is 2.19. The van der Waals surface area contributed by atoms with Crippen LogP contribution in [0.2, 0.25) is 0 Å². The number of carboxylic acid groups (broad SMARTS) is 1. The Kier molecular flexibility index (Phi) is 2.35. The van der Waals surface area contributed by atoms with E-state index in [1.807, 2.05) is 12.1 Å². The molecule has 0 saturated heterocycles. The number of carboxylic acids is 1. The lowest BCUT2D eigenvalue weighted by Crippen LogP contribution is -1.95. The second kappa shape index (κ2) is 3.87. The maximum absolute atomic E-state index is 10.8. The van der Waals surface area contributed by atoms with Gasteiger partial charge in [-0.25, -0.2) is 9.78 Å². The fourth-order valence-electron chi connectivity index (χ4n) is 2.49. The summed E-state index contributed by atoms with van der Waals surface area (Å²) in [5, 5.41) is 9.60. The molecule has 2 aromatic rings. The minimum Gasteiger partial charge on any atom is -0.475 e. The topological polar surface area (TPSA) is 63.3 Å². The van der Waals surface area contributed by atoms with Crippen molar-refractivity contribution >= 4 is 17.1 Å². The zero-order valence-corrected chi connectivity index (χ0v) is 9.35. The standard InChI is InChI=1S/C13H13NO3/c15-13(16)11-7-9-5-6-10(14-12(9)17-11)8-3-1-2-4-8/h5-8H,1-4H2,(H,15,16). The van der Waals surface area contributed by atoms with Crippen molar-refractivity contribution in [2.45, 2.75) is 31.6 Å². The molecule has 2 aromatic heterocycles. The minimum absolute atomic E-state index is 0.0453. The predicted octanol–water partition coefficient (Wildman–Crippen LogP) is 3.18. The van der Waals surface area contributed by atoms with Gasteiger partial charge in [-0.05, 0) is 25.0 Å². The Hall–Kier alpha value is -1.84. The van der Waals surface area contributed by atoms with Crippen LogP contribution in [0.1, 0.15) is 47.8 Å². The third-order valence-electron chi connectivity index (χ3n) is 3.39. The van der Waals surface area contributed by atoms with Crippen molar-refractivity contribution in [3.63, 3.8) is 0 Å². The number of fused-ring (bicyclic) bond motifs is 1. The van der Waals surface area contributed by atoms with E-state index in [1.165, 1.54) is 31.7 Å². The summed E-state index contributed by atoms with van der Waals surface area (Å²) in [5.41, 5.74) is 1.47. The van der Waals surface area contributed by atoms with Crippen LogP contribution in [0.15, 0.2) is 22.6 Å². The molecular weight excluding hydrogens is 218 g/mol. The van der Waals surface area contributed by atoms with E-state index in [0.29, 0.717) is 11.6 Å². The van der Waals surface area contributed by atoms with Crippen LogP contribution in [-0.2, 0) is 0 Å². The first-order valence-electron chi connectivity index (χ1n) is 5.88. The highest BCUT2D eigenvalue weighted by molar-refractivity contribution is 5.90. The number of carbonyl (C=O) groups is 1. The lowest BCUT2D eigenvalue weighted by Gasteiger charge is -2.06.